The van der Waals surface area contributed by atoms with E-state index < -0.39 is 6.04 Å². The van der Waals surface area contributed by atoms with Crippen molar-refractivity contribution in [1.29, 1.82) is 0 Å². The number of carbonyl (C=O) groups is 2. The van der Waals surface area contributed by atoms with Crippen molar-refractivity contribution in [3.8, 4) is 5.75 Å². The van der Waals surface area contributed by atoms with Gasteiger partial charge in [-0.25, -0.2) is 4.39 Å². The van der Waals surface area contributed by atoms with Gasteiger partial charge in [0.15, 0.2) is 0 Å². The number of hydrogen-bond donors (Lipinski definition) is 1. The molecule has 0 bridgehead atoms. The minimum atomic E-state index is -0.590. The van der Waals surface area contributed by atoms with Gasteiger partial charge < -0.3 is 15.0 Å². The fraction of sp³-hybridized carbons (Fsp3) is 0.391. The van der Waals surface area contributed by atoms with E-state index in [2.05, 4.69) is 5.32 Å². The maximum Gasteiger partial charge on any atom is 0.243 e. The van der Waals surface area contributed by atoms with Crippen LogP contribution in [0.5, 0.6) is 5.75 Å². The highest BCUT2D eigenvalue weighted by Crippen LogP contribution is 2.17. The summed E-state index contributed by atoms with van der Waals surface area (Å²) in [5.74, 6) is 0.0169. The molecular formula is C23H29FN2O3. The maximum atomic E-state index is 13.2. The zero-order valence-electron chi connectivity index (χ0n) is 17.4. The summed E-state index contributed by atoms with van der Waals surface area (Å²) in [4.78, 5) is 27.5. The maximum absolute atomic E-state index is 13.2. The normalized spacial score (nSPS) is 11.8. The fourth-order valence-electron chi connectivity index (χ4n) is 3.11. The molecule has 2 aromatic carbocycles. The molecule has 2 aromatic rings. The van der Waals surface area contributed by atoms with E-state index in [4.69, 9.17) is 4.74 Å². The molecule has 5 nitrogen and oxygen atoms in total. The molecule has 1 N–H and O–H groups in total. The first-order valence-corrected chi connectivity index (χ1v) is 9.81. The van der Waals surface area contributed by atoms with Gasteiger partial charge in [0.2, 0.25) is 11.8 Å². The Balaban J connectivity index is 2.27. The Morgan fingerprint density at radius 2 is 1.62 bits per heavy atom. The van der Waals surface area contributed by atoms with E-state index in [-0.39, 0.29) is 30.1 Å². The van der Waals surface area contributed by atoms with E-state index in [0.29, 0.717) is 18.5 Å². The molecule has 0 saturated carbocycles. The summed E-state index contributed by atoms with van der Waals surface area (Å²) >= 11 is 0. The van der Waals surface area contributed by atoms with E-state index >= 15 is 0 Å². The summed E-state index contributed by atoms with van der Waals surface area (Å²) < 4.78 is 18.4. The third-order valence-corrected chi connectivity index (χ3v) is 4.60. The van der Waals surface area contributed by atoms with Crippen LogP contribution < -0.4 is 10.1 Å². The Labute approximate surface area is 171 Å². The minimum Gasteiger partial charge on any atom is -0.497 e. The predicted octanol–water partition coefficient (Wildman–Crippen LogP) is 3.71. The van der Waals surface area contributed by atoms with Gasteiger partial charge in [-0.2, -0.15) is 0 Å². The van der Waals surface area contributed by atoms with Gasteiger partial charge in [0.25, 0.3) is 0 Å². The summed E-state index contributed by atoms with van der Waals surface area (Å²) in [6, 6.07) is 12.6. The molecule has 0 radical (unpaired) electrons. The molecule has 0 aromatic heterocycles. The average molecular weight is 400 g/mol. The van der Waals surface area contributed by atoms with Crippen molar-refractivity contribution in [2.24, 2.45) is 0 Å². The van der Waals surface area contributed by atoms with Crippen molar-refractivity contribution in [1.82, 2.24) is 10.2 Å². The van der Waals surface area contributed by atoms with Gasteiger partial charge in [-0.1, -0.05) is 31.2 Å². The lowest BCUT2D eigenvalue weighted by Gasteiger charge is -2.31. The highest BCUT2D eigenvalue weighted by atomic mass is 19.1. The lowest BCUT2D eigenvalue weighted by atomic mass is 10.1. The summed E-state index contributed by atoms with van der Waals surface area (Å²) in [6.45, 7) is 5.96. The van der Waals surface area contributed by atoms with Crippen LogP contribution in [-0.2, 0) is 22.6 Å². The van der Waals surface area contributed by atoms with Gasteiger partial charge in [0.05, 0.1) is 13.5 Å². The number of nitrogens with one attached hydrogen (secondary N) is 1. The molecule has 2 rings (SSSR count). The molecule has 156 valence electrons. The van der Waals surface area contributed by atoms with Crippen molar-refractivity contribution in [2.45, 2.75) is 52.2 Å². The van der Waals surface area contributed by atoms with Gasteiger partial charge in [0.1, 0.15) is 17.6 Å². The Morgan fingerprint density at radius 3 is 2.14 bits per heavy atom. The van der Waals surface area contributed by atoms with Crippen molar-refractivity contribution < 1.29 is 18.7 Å². The molecule has 1 atom stereocenters. The van der Waals surface area contributed by atoms with Crippen LogP contribution in [0.4, 0.5) is 4.39 Å². The minimum absolute atomic E-state index is 0.0217. The average Bonchev–Trinajstić information content (AvgIpc) is 2.69. The van der Waals surface area contributed by atoms with E-state index in [1.165, 1.54) is 12.1 Å². The predicted molar refractivity (Wildman–Crippen MR) is 111 cm³/mol. The van der Waals surface area contributed by atoms with Gasteiger partial charge >= 0.3 is 0 Å². The first kappa shape index (κ1) is 22.4. The van der Waals surface area contributed by atoms with Crippen LogP contribution in [0.3, 0.4) is 0 Å². The zero-order valence-corrected chi connectivity index (χ0v) is 17.4. The van der Waals surface area contributed by atoms with Gasteiger partial charge in [-0.3, -0.25) is 9.59 Å². The number of nitrogens with zero attached hydrogens (tertiary/aromatic N) is 1. The Morgan fingerprint density at radius 1 is 1.03 bits per heavy atom. The Kier molecular flexibility index (Phi) is 8.19. The van der Waals surface area contributed by atoms with E-state index in [0.717, 1.165) is 11.3 Å². The van der Waals surface area contributed by atoms with Crippen LogP contribution in [-0.4, -0.2) is 35.9 Å². The molecule has 6 heteroatoms. The number of benzene rings is 2. The lowest BCUT2D eigenvalue weighted by molar-refractivity contribution is -0.141. The van der Waals surface area contributed by atoms with Gasteiger partial charge in [-0.15, -0.1) is 0 Å². The molecule has 0 fully saturated rings. The fourth-order valence-corrected chi connectivity index (χ4v) is 3.11. The third-order valence-electron chi connectivity index (χ3n) is 4.60. The number of rotatable bonds is 9. The number of methoxy groups -OCH3 is 1. The standard InChI is InChI=1S/C23H29FN2O3/c1-5-21(23(28)25-16(2)3)26(15-18-8-12-20(29-4)13-9-18)22(27)14-17-6-10-19(24)11-7-17/h6-13,16,21H,5,14-15H2,1-4H3,(H,25,28)/t21-/m1/s1. The van der Waals surface area contributed by atoms with Crippen LogP contribution in [0.15, 0.2) is 48.5 Å². The largest absolute Gasteiger partial charge is 0.497 e. The molecule has 29 heavy (non-hydrogen) atoms. The van der Waals surface area contributed by atoms with E-state index in [9.17, 15) is 14.0 Å². The molecule has 0 spiro atoms. The second-order valence-electron chi connectivity index (χ2n) is 7.26. The zero-order chi connectivity index (χ0) is 21.4. The number of carbonyl (C=O) groups excluding carboxylic acids is 2. The SMILES string of the molecule is CC[C@H](C(=O)NC(C)C)N(Cc1ccc(OC)cc1)C(=O)Cc1ccc(F)cc1. The second kappa shape index (κ2) is 10.6. The highest BCUT2D eigenvalue weighted by molar-refractivity contribution is 5.88. The summed E-state index contributed by atoms with van der Waals surface area (Å²) in [5.41, 5.74) is 1.60. The van der Waals surface area contributed by atoms with Crippen LogP contribution in [0.25, 0.3) is 0 Å². The number of amides is 2. The quantitative estimate of drug-likeness (QED) is 0.698. The molecule has 0 aliphatic heterocycles. The van der Waals surface area contributed by atoms with E-state index in [1.54, 1.807) is 24.1 Å². The van der Waals surface area contributed by atoms with Crippen LogP contribution in [0, 0.1) is 5.82 Å². The smallest absolute Gasteiger partial charge is 0.243 e. The van der Waals surface area contributed by atoms with Crippen molar-refractivity contribution in [2.75, 3.05) is 7.11 Å². The molecule has 0 unspecified atom stereocenters. The Bertz CT molecular complexity index is 804. The molecule has 0 aliphatic rings. The number of hydrogen-bond acceptors (Lipinski definition) is 3. The molecule has 0 saturated heterocycles. The van der Waals surface area contributed by atoms with Gasteiger partial charge in [0, 0.05) is 12.6 Å². The summed E-state index contributed by atoms with van der Waals surface area (Å²) in [5, 5.41) is 2.90. The van der Waals surface area contributed by atoms with Crippen LogP contribution >= 0.6 is 0 Å². The summed E-state index contributed by atoms with van der Waals surface area (Å²) in [7, 11) is 1.59. The van der Waals surface area contributed by atoms with Gasteiger partial charge in [-0.05, 0) is 55.7 Å². The van der Waals surface area contributed by atoms with Crippen LogP contribution in [0.2, 0.25) is 0 Å². The lowest BCUT2D eigenvalue weighted by Crippen LogP contribution is -2.50. The molecule has 2 amide bonds. The topological polar surface area (TPSA) is 58.6 Å². The van der Waals surface area contributed by atoms with Crippen molar-refractivity contribution in [3.63, 3.8) is 0 Å². The van der Waals surface area contributed by atoms with Crippen molar-refractivity contribution >= 4 is 11.8 Å². The first-order valence-electron chi connectivity index (χ1n) is 9.81. The third kappa shape index (κ3) is 6.59. The molecular weight excluding hydrogens is 371 g/mol. The molecule has 0 aliphatic carbocycles. The van der Waals surface area contributed by atoms with E-state index in [1.807, 2.05) is 45.0 Å². The van der Waals surface area contributed by atoms with Crippen molar-refractivity contribution in [3.05, 3.63) is 65.5 Å². The summed E-state index contributed by atoms with van der Waals surface area (Å²) in [6.07, 6.45) is 0.589. The molecule has 0 heterocycles. The number of halogens is 1. The second-order valence-corrected chi connectivity index (χ2v) is 7.26. The monoisotopic (exact) mass is 400 g/mol. The number of ether oxygens (including phenoxy) is 1. The Hall–Kier alpha value is -2.89. The highest BCUT2D eigenvalue weighted by Gasteiger charge is 2.29. The first-order chi connectivity index (χ1) is 13.8. The van der Waals surface area contributed by atoms with Crippen LogP contribution in [0.1, 0.15) is 38.3 Å².